The van der Waals surface area contributed by atoms with Gasteiger partial charge in [-0.3, -0.25) is 14.4 Å². The van der Waals surface area contributed by atoms with E-state index in [1.165, 1.54) is 17.0 Å². The number of hydrogen-bond acceptors (Lipinski definition) is 6. The van der Waals surface area contributed by atoms with Crippen LogP contribution < -0.4 is 16.4 Å². The number of rotatable bonds is 16. The molecule has 0 saturated heterocycles. The van der Waals surface area contributed by atoms with E-state index in [9.17, 15) is 24.3 Å². The molecule has 2 atom stereocenters. The van der Waals surface area contributed by atoms with Gasteiger partial charge in [0, 0.05) is 13.1 Å². The third-order valence-corrected chi connectivity index (χ3v) is 6.49. The van der Waals surface area contributed by atoms with E-state index in [0.29, 0.717) is 12.0 Å². The van der Waals surface area contributed by atoms with Gasteiger partial charge >= 0.3 is 6.09 Å². The van der Waals surface area contributed by atoms with E-state index in [-0.39, 0.29) is 18.8 Å². The van der Waals surface area contributed by atoms with Crippen LogP contribution >= 0.6 is 0 Å². The van der Waals surface area contributed by atoms with E-state index in [0.717, 1.165) is 37.7 Å². The number of carbonyl (C=O) groups is 4. The molecule has 230 valence electrons. The quantitative estimate of drug-likeness (QED) is 0.211. The fourth-order valence-corrected chi connectivity index (χ4v) is 4.53. The normalized spacial score (nSPS) is 12.6. The van der Waals surface area contributed by atoms with Gasteiger partial charge in [-0.2, -0.15) is 0 Å². The molecule has 0 aromatic heterocycles. The Morgan fingerprint density at radius 2 is 1.62 bits per heavy atom. The Morgan fingerprint density at radius 3 is 2.24 bits per heavy atom. The molecule has 0 radical (unpaired) electrons. The highest BCUT2D eigenvalue weighted by molar-refractivity contribution is 5.94. The number of carbonyl (C=O) groups excluding carboxylic acids is 4. The van der Waals surface area contributed by atoms with Crippen molar-refractivity contribution in [2.45, 2.75) is 96.9 Å². The molecule has 2 rings (SSSR count). The van der Waals surface area contributed by atoms with Gasteiger partial charge in [0.2, 0.25) is 17.7 Å². The van der Waals surface area contributed by atoms with Gasteiger partial charge in [0.05, 0.1) is 6.42 Å². The molecule has 42 heavy (non-hydrogen) atoms. The van der Waals surface area contributed by atoms with Crippen molar-refractivity contribution in [2.24, 2.45) is 5.73 Å². The van der Waals surface area contributed by atoms with E-state index in [2.05, 4.69) is 17.6 Å². The first kappa shape index (κ1) is 34.1. The zero-order chi connectivity index (χ0) is 31.1. The molecule has 0 aliphatic carbocycles. The number of ether oxygens (including phenoxy) is 1. The van der Waals surface area contributed by atoms with Crippen molar-refractivity contribution < 1.29 is 29.0 Å². The summed E-state index contributed by atoms with van der Waals surface area (Å²) in [6, 6.07) is 13.0. The lowest BCUT2D eigenvalue weighted by Gasteiger charge is -2.34. The lowest BCUT2D eigenvalue weighted by molar-refractivity contribution is -0.143. The summed E-state index contributed by atoms with van der Waals surface area (Å²) in [5.41, 5.74) is 5.88. The van der Waals surface area contributed by atoms with Crippen LogP contribution in [0.5, 0.6) is 5.75 Å². The van der Waals surface area contributed by atoms with E-state index in [4.69, 9.17) is 10.5 Å². The molecule has 2 aromatic carbocycles. The number of amides is 4. The number of alkyl carbamates (subject to hydrolysis) is 1. The Kier molecular flexibility index (Phi) is 13.8. The predicted molar refractivity (Wildman–Crippen MR) is 161 cm³/mol. The van der Waals surface area contributed by atoms with Gasteiger partial charge in [0.15, 0.2) is 0 Å². The molecule has 0 heterocycles. The number of benzene rings is 2. The number of unbranched alkanes of at least 4 members (excludes halogenated alkanes) is 5. The first-order chi connectivity index (χ1) is 19.9. The first-order valence-electron chi connectivity index (χ1n) is 14.6. The number of phenols is 1. The Balaban J connectivity index is 2.45. The average molecular weight is 583 g/mol. The predicted octanol–water partition coefficient (Wildman–Crippen LogP) is 4.71. The van der Waals surface area contributed by atoms with Crippen LogP contribution in [0.25, 0.3) is 0 Å². The van der Waals surface area contributed by atoms with Crippen LogP contribution in [0, 0.1) is 0 Å². The number of nitrogens with zero attached hydrogens (tertiary/aromatic N) is 1. The highest BCUT2D eigenvalue weighted by Gasteiger charge is 2.37. The molecule has 0 fully saturated rings. The fraction of sp³-hybridized carbons (Fsp3) is 0.500. The first-order valence-corrected chi connectivity index (χ1v) is 14.6. The molecule has 0 bridgehead atoms. The van der Waals surface area contributed by atoms with E-state index in [1.807, 2.05) is 30.3 Å². The molecule has 5 N–H and O–H groups in total. The third-order valence-electron chi connectivity index (χ3n) is 6.49. The highest BCUT2D eigenvalue weighted by Crippen LogP contribution is 2.27. The summed E-state index contributed by atoms with van der Waals surface area (Å²) in [5.74, 6) is -2.00. The molecule has 0 saturated carbocycles. The second kappa shape index (κ2) is 17.0. The number of nitrogens with two attached hydrogens (primary N) is 1. The van der Waals surface area contributed by atoms with Crippen LogP contribution in [0.15, 0.2) is 54.6 Å². The molecule has 10 nitrogen and oxygen atoms in total. The summed E-state index contributed by atoms with van der Waals surface area (Å²) in [5, 5.41) is 15.6. The minimum Gasteiger partial charge on any atom is -0.508 e. The molecule has 4 amide bonds. The number of primary amides is 1. The number of nitrogens with one attached hydrogen (secondary N) is 2. The Bertz CT molecular complexity index is 1170. The van der Waals surface area contributed by atoms with Gasteiger partial charge in [0.1, 0.15) is 23.4 Å². The van der Waals surface area contributed by atoms with Crippen molar-refractivity contribution >= 4 is 23.8 Å². The highest BCUT2D eigenvalue weighted by atomic mass is 16.6. The SMILES string of the molecule is CCCCCCCCN(C(=O)C(CC(N)=O)NC(=O)OC(C)(C)C)C(C(=O)NCc1ccccc1)c1cccc(O)c1. The zero-order valence-corrected chi connectivity index (χ0v) is 25.2. The number of aromatic hydroxyl groups is 1. The Labute approximate surface area is 249 Å². The lowest BCUT2D eigenvalue weighted by Crippen LogP contribution is -2.54. The minimum absolute atomic E-state index is 0.0686. The average Bonchev–Trinajstić information content (AvgIpc) is 2.91. The van der Waals surface area contributed by atoms with Crippen molar-refractivity contribution in [3.8, 4) is 5.75 Å². The van der Waals surface area contributed by atoms with Crippen LogP contribution in [-0.4, -0.2) is 52.0 Å². The van der Waals surface area contributed by atoms with Gasteiger partial charge in [0.25, 0.3) is 0 Å². The van der Waals surface area contributed by atoms with Crippen molar-refractivity contribution in [3.63, 3.8) is 0 Å². The topological polar surface area (TPSA) is 151 Å². The smallest absolute Gasteiger partial charge is 0.408 e. The van der Waals surface area contributed by atoms with Gasteiger partial charge in [-0.05, 0) is 50.5 Å². The third kappa shape index (κ3) is 12.2. The number of hydrogen-bond donors (Lipinski definition) is 4. The zero-order valence-electron chi connectivity index (χ0n) is 25.2. The standard InChI is InChI=1S/C32H46N4O6/c1-5-6-7-8-9-13-19-36(30(40)26(21-27(33)38)35-31(41)42-32(2,3)4)28(24-17-14-18-25(37)20-24)29(39)34-22-23-15-11-10-12-16-23/h10-12,14-18,20,26,28,37H,5-9,13,19,21-22H2,1-4H3,(H2,33,38)(H,34,39)(H,35,41). The molecule has 0 aliphatic rings. The molecule has 2 unspecified atom stereocenters. The summed E-state index contributed by atoms with van der Waals surface area (Å²) in [6.45, 7) is 7.56. The molecule has 0 spiro atoms. The van der Waals surface area contributed by atoms with Crippen molar-refractivity contribution in [2.75, 3.05) is 6.54 Å². The van der Waals surface area contributed by atoms with Crippen molar-refractivity contribution in [1.29, 1.82) is 0 Å². The summed E-state index contributed by atoms with van der Waals surface area (Å²) in [6.07, 6.45) is 4.27. The molecule has 0 aliphatic heterocycles. The van der Waals surface area contributed by atoms with Gasteiger partial charge in [-0.25, -0.2) is 4.79 Å². The summed E-state index contributed by atoms with van der Waals surface area (Å²) in [7, 11) is 0. The maximum absolute atomic E-state index is 14.1. The molecule has 2 aromatic rings. The summed E-state index contributed by atoms with van der Waals surface area (Å²) >= 11 is 0. The van der Waals surface area contributed by atoms with E-state index in [1.54, 1.807) is 32.9 Å². The van der Waals surface area contributed by atoms with Crippen LogP contribution in [0.1, 0.15) is 89.8 Å². The second-order valence-electron chi connectivity index (χ2n) is 11.4. The van der Waals surface area contributed by atoms with Crippen LogP contribution in [-0.2, 0) is 25.7 Å². The van der Waals surface area contributed by atoms with Crippen molar-refractivity contribution in [3.05, 3.63) is 65.7 Å². The Hall–Kier alpha value is -4.08. The Morgan fingerprint density at radius 1 is 0.952 bits per heavy atom. The lowest BCUT2D eigenvalue weighted by atomic mass is 10.0. The minimum atomic E-state index is -1.36. The largest absolute Gasteiger partial charge is 0.508 e. The van der Waals surface area contributed by atoms with E-state index >= 15 is 0 Å². The molecular weight excluding hydrogens is 536 g/mol. The van der Waals surface area contributed by atoms with Gasteiger partial charge < -0.3 is 31.1 Å². The summed E-state index contributed by atoms with van der Waals surface area (Å²) < 4.78 is 5.33. The van der Waals surface area contributed by atoms with Gasteiger partial charge in [-0.15, -0.1) is 0 Å². The van der Waals surface area contributed by atoms with Crippen LogP contribution in [0.3, 0.4) is 0 Å². The maximum Gasteiger partial charge on any atom is 0.408 e. The maximum atomic E-state index is 14.1. The number of phenolic OH excluding ortho intramolecular Hbond substituents is 1. The van der Waals surface area contributed by atoms with E-state index < -0.39 is 47.9 Å². The van der Waals surface area contributed by atoms with Gasteiger partial charge in [-0.1, -0.05) is 81.5 Å². The molecular formula is C32H46N4O6. The van der Waals surface area contributed by atoms with Crippen LogP contribution in [0.4, 0.5) is 4.79 Å². The monoisotopic (exact) mass is 582 g/mol. The van der Waals surface area contributed by atoms with Crippen molar-refractivity contribution in [1.82, 2.24) is 15.5 Å². The second-order valence-corrected chi connectivity index (χ2v) is 11.4. The molecule has 10 heteroatoms. The summed E-state index contributed by atoms with van der Waals surface area (Å²) in [4.78, 5) is 53.9. The fourth-order valence-electron chi connectivity index (χ4n) is 4.53. The van der Waals surface area contributed by atoms with Crippen LogP contribution in [0.2, 0.25) is 0 Å².